The van der Waals surface area contributed by atoms with Gasteiger partial charge >= 0.3 is 5.97 Å². The minimum absolute atomic E-state index is 0.277. The van der Waals surface area contributed by atoms with Gasteiger partial charge in [0.2, 0.25) is 0 Å². The van der Waals surface area contributed by atoms with Crippen LogP contribution in [0.2, 0.25) is 0 Å². The third-order valence-electron chi connectivity index (χ3n) is 4.89. The maximum Gasteiger partial charge on any atom is 0.305 e. The monoisotopic (exact) mass is 341 g/mol. The molecule has 0 bridgehead atoms. The highest BCUT2D eigenvalue weighted by molar-refractivity contribution is 5.74. The average Bonchev–Trinajstić information content (AvgIpc) is 3.33. The first-order valence-electron chi connectivity index (χ1n) is 8.67. The molecule has 3 nitrogen and oxygen atoms in total. The number of rotatable bonds is 5. The fourth-order valence-electron chi connectivity index (χ4n) is 3.62. The van der Waals surface area contributed by atoms with Crippen LogP contribution in [0.5, 0.6) is 0 Å². The fourth-order valence-corrected chi connectivity index (χ4v) is 3.62. The van der Waals surface area contributed by atoms with Crippen LogP contribution in [-0.2, 0) is 4.79 Å². The Hall–Kier alpha value is -2.20. The maximum absolute atomic E-state index is 14.6. The third kappa shape index (κ3) is 3.59. The normalized spacial score (nSPS) is 15.2. The molecule has 0 saturated heterocycles. The summed E-state index contributed by atoms with van der Waals surface area (Å²) in [6, 6.07) is 7.08. The summed E-state index contributed by atoms with van der Waals surface area (Å²) in [4.78, 5) is 11.0. The van der Waals surface area contributed by atoms with E-state index in [4.69, 9.17) is 10.8 Å². The summed E-state index contributed by atoms with van der Waals surface area (Å²) in [5.41, 5.74) is 12.5. The molecule has 0 unspecified atom stereocenters. The number of benzene rings is 2. The molecule has 25 heavy (non-hydrogen) atoms. The van der Waals surface area contributed by atoms with E-state index in [2.05, 4.69) is 26.0 Å². The van der Waals surface area contributed by atoms with Gasteiger partial charge in [0.25, 0.3) is 0 Å². The van der Waals surface area contributed by atoms with Crippen molar-refractivity contribution in [2.24, 2.45) is 5.73 Å². The molecule has 0 aromatic heterocycles. The second-order valence-corrected chi connectivity index (χ2v) is 7.22. The summed E-state index contributed by atoms with van der Waals surface area (Å²) in [6.07, 6.45) is 2.07. The largest absolute Gasteiger partial charge is 0.481 e. The van der Waals surface area contributed by atoms with Gasteiger partial charge in [-0.1, -0.05) is 17.7 Å². The summed E-state index contributed by atoms with van der Waals surface area (Å²) in [6.45, 7) is 5.87. The summed E-state index contributed by atoms with van der Waals surface area (Å²) >= 11 is 0. The molecule has 2 aromatic carbocycles. The molecule has 3 N–H and O–H groups in total. The molecular weight excluding hydrogens is 317 g/mol. The summed E-state index contributed by atoms with van der Waals surface area (Å²) < 4.78 is 14.6. The van der Waals surface area contributed by atoms with Crippen molar-refractivity contribution in [2.45, 2.75) is 52.0 Å². The van der Waals surface area contributed by atoms with Gasteiger partial charge < -0.3 is 10.8 Å². The van der Waals surface area contributed by atoms with Crippen LogP contribution in [-0.4, -0.2) is 11.1 Å². The highest BCUT2D eigenvalue weighted by atomic mass is 19.1. The van der Waals surface area contributed by atoms with Crippen molar-refractivity contribution in [3.05, 3.63) is 57.9 Å². The number of aliphatic carboxylic acids is 1. The Morgan fingerprint density at radius 1 is 1.20 bits per heavy atom. The number of carboxylic acids is 1. The smallest absolute Gasteiger partial charge is 0.305 e. The van der Waals surface area contributed by atoms with Crippen molar-refractivity contribution in [3.63, 3.8) is 0 Å². The van der Waals surface area contributed by atoms with Gasteiger partial charge in [-0.2, -0.15) is 0 Å². The predicted octanol–water partition coefficient (Wildman–Crippen LogP) is 4.77. The van der Waals surface area contributed by atoms with Crippen molar-refractivity contribution in [1.82, 2.24) is 0 Å². The van der Waals surface area contributed by atoms with Crippen LogP contribution in [0.25, 0.3) is 11.1 Å². The van der Waals surface area contributed by atoms with E-state index in [0.29, 0.717) is 11.5 Å². The number of hydrogen-bond acceptors (Lipinski definition) is 2. The molecule has 0 spiro atoms. The summed E-state index contributed by atoms with van der Waals surface area (Å²) in [7, 11) is 0. The van der Waals surface area contributed by atoms with E-state index in [-0.39, 0.29) is 12.0 Å². The Kier molecular flexibility index (Phi) is 4.65. The van der Waals surface area contributed by atoms with Crippen molar-refractivity contribution in [2.75, 3.05) is 0 Å². The van der Waals surface area contributed by atoms with Gasteiger partial charge in [0.1, 0.15) is 5.82 Å². The number of hydrogen-bond donors (Lipinski definition) is 2. The first-order chi connectivity index (χ1) is 11.8. The molecule has 1 fully saturated rings. The highest BCUT2D eigenvalue weighted by Crippen LogP contribution is 2.46. The summed E-state index contributed by atoms with van der Waals surface area (Å²) in [5.74, 6) is -0.870. The van der Waals surface area contributed by atoms with E-state index in [9.17, 15) is 9.18 Å². The molecule has 1 aliphatic carbocycles. The van der Waals surface area contributed by atoms with Crippen molar-refractivity contribution >= 4 is 5.97 Å². The van der Waals surface area contributed by atoms with Crippen molar-refractivity contribution in [1.29, 1.82) is 0 Å². The molecule has 0 heterocycles. The lowest BCUT2D eigenvalue weighted by molar-refractivity contribution is -0.137. The minimum Gasteiger partial charge on any atom is -0.481 e. The fraction of sp³-hybridized carbons (Fsp3) is 0.381. The predicted molar refractivity (Wildman–Crippen MR) is 97.2 cm³/mol. The molecule has 2 aromatic rings. The van der Waals surface area contributed by atoms with Crippen LogP contribution in [0.1, 0.15) is 59.0 Å². The molecular formula is C21H24FNO2. The Bertz CT molecular complexity index is 840. The topological polar surface area (TPSA) is 63.3 Å². The van der Waals surface area contributed by atoms with E-state index in [0.717, 1.165) is 16.7 Å². The number of nitrogens with two attached hydrogens (primary N) is 1. The van der Waals surface area contributed by atoms with Gasteiger partial charge in [-0.25, -0.2) is 4.39 Å². The molecule has 1 atom stereocenters. The zero-order valence-electron chi connectivity index (χ0n) is 14.9. The lowest BCUT2D eigenvalue weighted by Gasteiger charge is -2.19. The molecule has 132 valence electrons. The molecule has 1 aliphatic rings. The number of carbonyl (C=O) groups is 1. The minimum atomic E-state index is -1.03. The molecule has 4 heteroatoms. The van der Waals surface area contributed by atoms with E-state index in [1.165, 1.54) is 24.0 Å². The van der Waals surface area contributed by atoms with Crippen LogP contribution < -0.4 is 5.73 Å². The Balaban J connectivity index is 2.16. The van der Waals surface area contributed by atoms with Crippen LogP contribution in [0.4, 0.5) is 4.39 Å². The third-order valence-corrected chi connectivity index (χ3v) is 4.89. The van der Waals surface area contributed by atoms with E-state index < -0.39 is 17.8 Å². The van der Waals surface area contributed by atoms with Crippen LogP contribution in [0, 0.1) is 26.6 Å². The first-order valence-corrected chi connectivity index (χ1v) is 8.67. The van der Waals surface area contributed by atoms with Crippen LogP contribution in [0.3, 0.4) is 0 Å². The first kappa shape index (κ1) is 17.6. The SMILES string of the molecule is Cc1cc(C)c(-c2cc(C)c(F)c([C@@H](N)CC(=O)O)c2)c(C2CC2)c1. The quantitative estimate of drug-likeness (QED) is 0.823. The number of carboxylic acid groups (broad SMARTS) is 1. The van der Waals surface area contributed by atoms with E-state index in [1.807, 2.05) is 6.07 Å². The van der Waals surface area contributed by atoms with Crippen molar-refractivity contribution < 1.29 is 14.3 Å². The standard InChI is InChI=1S/C21H24FNO2/c1-11-6-12(2)20(16(7-11)14-4-5-14)15-8-13(3)21(22)17(9-15)18(23)10-19(24)25/h6-9,14,18H,4-5,10,23H2,1-3H3,(H,24,25)/t18-/m0/s1. The van der Waals surface area contributed by atoms with Gasteiger partial charge in [-0.15, -0.1) is 0 Å². The van der Waals surface area contributed by atoms with Gasteiger partial charge in [-0.3, -0.25) is 4.79 Å². The van der Waals surface area contributed by atoms with Gasteiger partial charge in [0, 0.05) is 11.6 Å². The second-order valence-electron chi connectivity index (χ2n) is 7.22. The van der Waals surface area contributed by atoms with E-state index in [1.54, 1.807) is 13.0 Å². The van der Waals surface area contributed by atoms with Crippen molar-refractivity contribution in [3.8, 4) is 11.1 Å². The Morgan fingerprint density at radius 3 is 2.48 bits per heavy atom. The van der Waals surface area contributed by atoms with E-state index >= 15 is 0 Å². The summed E-state index contributed by atoms with van der Waals surface area (Å²) in [5, 5.41) is 8.99. The molecule has 0 radical (unpaired) electrons. The van der Waals surface area contributed by atoms with Crippen LogP contribution in [0.15, 0.2) is 24.3 Å². The maximum atomic E-state index is 14.6. The highest BCUT2D eigenvalue weighted by Gasteiger charge is 2.28. The molecule has 0 aliphatic heterocycles. The van der Waals surface area contributed by atoms with Gasteiger partial charge in [0.15, 0.2) is 0 Å². The zero-order valence-corrected chi connectivity index (χ0v) is 14.9. The molecule has 1 saturated carbocycles. The number of halogens is 1. The zero-order chi connectivity index (χ0) is 18.3. The Morgan fingerprint density at radius 2 is 1.88 bits per heavy atom. The Labute approximate surface area is 147 Å². The number of aryl methyl sites for hydroxylation is 3. The lowest BCUT2D eigenvalue weighted by atomic mass is 9.88. The van der Waals surface area contributed by atoms with Gasteiger partial charge in [-0.05, 0) is 79.5 Å². The lowest BCUT2D eigenvalue weighted by Crippen LogP contribution is -2.17. The molecule has 0 amide bonds. The average molecular weight is 341 g/mol. The second kappa shape index (κ2) is 6.60. The van der Waals surface area contributed by atoms with Gasteiger partial charge in [0.05, 0.1) is 6.42 Å². The molecule has 3 rings (SSSR count). The van der Waals surface area contributed by atoms with Crippen LogP contribution >= 0.6 is 0 Å².